The Kier molecular flexibility index (Phi) is 10.6. The van der Waals surface area contributed by atoms with E-state index in [0.29, 0.717) is 65.6 Å². The van der Waals surface area contributed by atoms with E-state index in [0.717, 1.165) is 11.3 Å². The van der Waals surface area contributed by atoms with Gasteiger partial charge in [0.05, 0.1) is 27.7 Å². The summed E-state index contributed by atoms with van der Waals surface area (Å²) >= 11 is 13.4. The van der Waals surface area contributed by atoms with Crippen LogP contribution in [0, 0.1) is 28.1 Å². The lowest BCUT2D eigenvalue weighted by Crippen LogP contribution is -2.50. The van der Waals surface area contributed by atoms with Crippen molar-refractivity contribution in [3.05, 3.63) is 52.0 Å². The van der Waals surface area contributed by atoms with Crippen LogP contribution < -0.4 is 0 Å². The number of carbonyl (C=O) groups is 1. The molecule has 2 unspecified atom stereocenters. The Hall–Kier alpha value is -1.69. The zero-order valence-electron chi connectivity index (χ0n) is 25.1. The molecule has 1 aliphatic heterocycles. The van der Waals surface area contributed by atoms with Crippen molar-refractivity contribution in [2.75, 3.05) is 31.9 Å². The second-order valence-electron chi connectivity index (χ2n) is 12.4. The van der Waals surface area contributed by atoms with Crippen LogP contribution in [0.3, 0.4) is 0 Å². The van der Waals surface area contributed by atoms with Crippen LogP contribution in [0.5, 0.6) is 0 Å². The van der Waals surface area contributed by atoms with Crippen LogP contribution in [-0.2, 0) is 24.9 Å². The van der Waals surface area contributed by atoms with Crippen LogP contribution in [0.25, 0.3) is 0 Å². The predicted octanol–water partition coefficient (Wildman–Crippen LogP) is 6.00. The summed E-state index contributed by atoms with van der Waals surface area (Å²) in [7, 11) is -7.82. The molecule has 2 aliphatic carbocycles. The molecule has 1 N–H and O–H groups in total. The maximum Gasteiger partial charge on any atom is 0.265 e. The minimum atomic E-state index is -4.08. The molecule has 0 amide bonds. The van der Waals surface area contributed by atoms with Gasteiger partial charge in [0, 0.05) is 58.5 Å². The monoisotopic (exact) mass is 701 g/mol. The number of ketones is 1. The van der Waals surface area contributed by atoms with Gasteiger partial charge >= 0.3 is 0 Å². The molecule has 2 bridgehead atoms. The second-order valence-corrected chi connectivity index (χ2v) is 17.8. The second kappa shape index (κ2) is 13.2. The summed E-state index contributed by atoms with van der Waals surface area (Å²) in [4.78, 5) is 15.5. The van der Waals surface area contributed by atoms with Gasteiger partial charge in [0.2, 0.25) is 10.0 Å². The molecule has 1 heterocycles. The number of halogens is 2. The van der Waals surface area contributed by atoms with Gasteiger partial charge in [-0.2, -0.15) is 18.0 Å². The summed E-state index contributed by atoms with van der Waals surface area (Å²) in [5.74, 6) is -0.101. The van der Waals surface area contributed by atoms with Crippen LogP contribution >= 0.6 is 35.0 Å². The van der Waals surface area contributed by atoms with E-state index < -0.39 is 31.3 Å². The molecule has 9 nitrogen and oxygen atoms in total. The molecule has 44 heavy (non-hydrogen) atoms. The first-order chi connectivity index (χ1) is 20.4. The third-order valence-electron chi connectivity index (χ3n) is 9.33. The first-order valence-electron chi connectivity index (χ1n) is 14.3. The molecule has 2 aromatic rings. The van der Waals surface area contributed by atoms with Crippen molar-refractivity contribution in [3.8, 4) is 6.07 Å². The SMILES string of the molecule is CC(C)N1CCN(S(=O)(=O)c2cc(C#N)ccc2Sc2cc(Cl)cc(Cl)c2)CC1.CC1(C)C2CCC1(CS(=O)(=O)O)C(=O)C2. The quantitative estimate of drug-likeness (QED) is 0.345. The summed E-state index contributed by atoms with van der Waals surface area (Å²) in [6, 6.07) is 12.2. The molecule has 5 rings (SSSR count). The van der Waals surface area contributed by atoms with E-state index in [2.05, 4.69) is 18.7 Å². The third-order valence-corrected chi connectivity index (χ3v) is 13.7. The lowest BCUT2D eigenvalue weighted by molar-refractivity contribution is -0.128. The first kappa shape index (κ1) is 35.2. The summed E-state index contributed by atoms with van der Waals surface area (Å²) in [5, 5.41) is 10.2. The molecule has 0 spiro atoms. The van der Waals surface area contributed by atoms with E-state index >= 15 is 0 Å². The van der Waals surface area contributed by atoms with Crippen molar-refractivity contribution < 1.29 is 26.2 Å². The summed E-state index contributed by atoms with van der Waals surface area (Å²) in [5.41, 5.74) is -0.816. The van der Waals surface area contributed by atoms with Gasteiger partial charge in [-0.25, -0.2) is 8.42 Å². The van der Waals surface area contributed by atoms with E-state index in [1.807, 2.05) is 19.9 Å². The van der Waals surface area contributed by atoms with Gasteiger partial charge in [-0.3, -0.25) is 14.2 Å². The molecule has 2 saturated carbocycles. The number of rotatable bonds is 7. The van der Waals surface area contributed by atoms with E-state index in [1.54, 1.807) is 30.3 Å². The summed E-state index contributed by atoms with van der Waals surface area (Å²) in [6.07, 6.45) is 1.97. The van der Waals surface area contributed by atoms with E-state index in [1.165, 1.54) is 22.1 Å². The Morgan fingerprint density at radius 3 is 2.14 bits per heavy atom. The van der Waals surface area contributed by atoms with Crippen molar-refractivity contribution in [2.24, 2.45) is 16.7 Å². The van der Waals surface area contributed by atoms with Gasteiger partial charge in [-0.15, -0.1) is 0 Å². The molecular formula is C30H37Cl2N3O6S3. The van der Waals surface area contributed by atoms with Crippen molar-refractivity contribution in [3.63, 3.8) is 0 Å². The van der Waals surface area contributed by atoms with Gasteiger partial charge in [0.25, 0.3) is 10.1 Å². The van der Waals surface area contributed by atoms with Crippen LogP contribution in [0.15, 0.2) is 51.1 Å². The van der Waals surface area contributed by atoms with Crippen molar-refractivity contribution in [1.82, 2.24) is 9.21 Å². The van der Waals surface area contributed by atoms with Crippen molar-refractivity contribution in [1.29, 1.82) is 5.26 Å². The number of Topliss-reactive ketones (excluding diaryl/α,β-unsaturated/α-hetero) is 1. The van der Waals surface area contributed by atoms with Gasteiger partial charge < -0.3 is 0 Å². The molecule has 14 heteroatoms. The summed E-state index contributed by atoms with van der Waals surface area (Å²) < 4.78 is 59.3. The van der Waals surface area contributed by atoms with Crippen molar-refractivity contribution >= 4 is 60.9 Å². The highest BCUT2D eigenvalue weighted by atomic mass is 35.5. The smallest absolute Gasteiger partial charge is 0.265 e. The Morgan fingerprint density at radius 2 is 1.66 bits per heavy atom. The van der Waals surface area contributed by atoms with Gasteiger partial charge in [0.15, 0.2) is 0 Å². The molecule has 1 saturated heterocycles. The van der Waals surface area contributed by atoms with E-state index in [4.69, 9.17) is 27.8 Å². The number of piperazine rings is 1. The highest BCUT2D eigenvalue weighted by Crippen LogP contribution is 2.64. The third kappa shape index (κ3) is 7.31. The normalized spacial score (nSPS) is 23.8. The maximum atomic E-state index is 13.4. The number of fused-ring (bicyclic) bond motifs is 2. The average Bonchev–Trinajstić information content (AvgIpc) is 3.26. The number of benzene rings is 2. The van der Waals surface area contributed by atoms with E-state index in [9.17, 15) is 26.9 Å². The largest absolute Gasteiger partial charge is 0.299 e. The lowest BCUT2D eigenvalue weighted by atomic mass is 9.70. The van der Waals surface area contributed by atoms with Crippen molar-refractivity contribution in [2.45, 2.75) is 67.7 Å². The molecule has 240 valence electrons. The Bertz CT molecular complexity index is 1660. The highest BCUT2D eigenvalue weighted by molar-refractivity contribution is 8.00. The fourth-order valence-corrected chi connectivity index (χ4v) is 11.4. The molecule has 2 aromatic carbocycles. The first-order valence-corrected chi connectivity index (χ1v) is 18.9. The number of carbonyl (C=O) groups excluding carboxylic acids is 1. The molecule has 0 aromatic heterocycles. The maximum absolute atomic E-state index is 13.4. The standard InChI is InChI=1S/C20H21Cl2N3O2S2.C10H16O4S/c1-14(2)24-5-7-25(8-6-24)29(26,27)20-9-15(13-23)3-4-19(20)28-18-11-16(21)10-17(22)12-18;1-9(2)7-3-4-10(9,8(11)5-7)6-15(12,13)14/h3-4,9-12,14H,5-8H2,1-2H3;7H,3-6H2,1-2H3,(H,12,13,14). The number of hydrogen-bond donors (Lipinski definition) is 1. The van der Waals surface area contributed by atoms with Crippen LogP contribution in [0.2, 0.25) is 10.0 Å². The zero-order valence-corrected chi connectivity index (χ0v) is 29.0. The zero-order chi connectivity index (χ0) is 32.7. The Labute approximate surface area is 274 Å². The molecule has 3 fully saturated rings. The van der Waals surface area contributed by atoms with Crippen LogP contribution in [-0.4, -0.2) is 74.4 Å². The fourth-order valence-electron chi connectivity index (χ4n) is 6.60. The van der Waals surface area contributed by atoms with Gasteiger partial charge in [-0.1, -0.05) is 48.8 Å². The van der Waals surface area contributed by atoms with Crippen LogP contribution in [0.1, 0.15) is 52.5 Å². The number of nitrogens with zero attached hydrogens (tertiary/aromatic N) is 3. The molecular weight excluding hydrogens is 665 g/mol. The Morgan fingerprint density at radius 1 is 1.05 bits per heavy atom. The van der Waals surface area contributed by atoms with Crippen LogP contribution in [0.4, 0.5) is 0 Å². The lowest BCUT2D eigenvalue weighted by Gasteiger charge is -2.36. The number of sulfonamides is 1. The van der Waals surface area contributed by atoms with Gasteiger partial charge in [0.1, 0.15) is 5.78 Å². The van der Waals surface area contributed by atoms with Gasteiger partial charge in [-0.05, 0) is 74.4 Å². The predicted molar refractivity (Wildman–Crippen MR) is 172 cm³/mol. The highest BCUT2D eigenvalue weighted by Gasteiger charge is 2.65. The van der Waals surface area contributed by atoms with E-state index in [-0.39, 0.29) is 22.0 Å². The Balaban J connectivity index is 0.000000246. The average molecular weight is 703 g/mol. The summed E-state index contributed by atoms with van der Waals surface area (Å²) in [6.45, 7) is 10.3. The molecule has 2 atom stereocenters. The molecule has 0 radical (unpaired) electrons. The molecule has 3 aliphatic rings. The topological polar surface area (TPSA) is 136 Å². The minimum Gasteiger partial charge on any atom is -0.299 e. The fraction of sp³-hybridized carbons (Fsp3) is 0.533. The number of hydrogen-bond acceptors (Lipinski definition) is 8. The minimum absolute atomic E-state index is 0.0152. The number of nitriles is 1.